The standard InChI is InChI=1S/C17H16N2O5/c1-11-4-3-5-14(10-11)18-16(20)12(2)24-17(21)13-6-8-15(9-7-13)19(22)23/h3-10,12H,1-2H3,(H,18,20). The molecule has 0 saturated heterocycles. The van der Waals surface area contributed by atoms with Gasteiger partial charge in [-0.2, -0.15) is 0 Å². The van der Waals surface area contributed by atoms with Crippen LogP contribution >= 0.6 is 0 Å². The maximum absolute atomic E-state index is 12.1. The Kier molecular flexibility index (Phi) is 5.26. The van der Waals surface area contributed by atoms with Gasteiger partial charge in [-0.25, -0.2) is 4.79 Å². The average molecular weight is 328 g/mol. The zero-order valence-electron chi connectivity index (χ0n) is 13.2. The number of nitrogens with zero attached hydrogens (tertiary/aromatic N) is 1. The molecular weight excluding hydrogens is 312 g/mol. The van der Waals surface area contributed by atoms with E-state index in [0.29, 0.717) is 5.69 Å². The minimum atomic E-state index is -1.01. The van der Waals surface area contributed by atoms with E-state index in [9.17, 15) is 19.7 Å². The number of esters is 1. The van der Waals surface area contributed by atoms with Crippen LogP contribution in [-0.2, 0) is 9.53 Å². The molecule has 0 radical (unpaired) electrons. The molecule has 0 heterocycles. The van der Waals surface area contributed by atoms with Gasteiger partial charge >= 0.3 is 5.97 Å². The van der Waals surface area contributed by atoms with Gasteiger partial charge in [0.1, 0.15) is 0 Å². The van der Waals surface area contributed by atoms with E-state index in [1.54, 1.807) is 18.2 Å². The molecule has 7 heteroatoms. The summed E-state index contributed by atoms with van der Waals surface area (Å²) >= 11 is 0. The summed E-state index contributed by atoms with van der Waals surface area (Å²) in [5, 5.41) is 13.2. The third kappa shape index (κ3) is 4.39. The number of ether oxygens (including phenoxy) is 1. The lowest BCUT2D eigenvalue weighted by Gasteiger charge is -2.13. The fourth-order valence-electron chi connectivity index (χ4n) is 1.97. The molecule has 0 spiro atoms. The molecule has 2 rings (SSSR count). The Morgan fingerprint density at radius 2 is 1.83 bits per heavy atom. The van der Waals surface area contributed by atoms with Crippen molar-refractivity contribution in [3.63, 3.8) is 0 Å². The Morgan fingerprint density at radius 3 is 2.42 bits per heavy atom. The van der Waals surface area contributed by atoms with Crippen molar-refractivity contribution in [1.82, 2.24) is 0 Å². The van der Waals surface area contributed by atoms with Crippen LogP contribution in [0.1, 0.15) is 22.8 Å². The lowest BCUT2D eigenvalue weighted by molar-refractivity contribution is -0.384. The first-order valence-corrected chi connectivity index (χ1v) is 7.20. The van der Waals surface area contributed by atoms with Crippen LogP contribution in [0, 0.1) is 17.0 Å². The molecule has 0 aliphatic heterocycles. The summed E-state index contributed by atoms with van der Waals surface area (Å²) < 4.78 is 5.08. The van der Waals surface area contributed by atoms with Crippen LogP contribution in [0.2, 0.25) is 0 Å². The number of hydrogen-bond acceptors (Lipinski definition) is 5. The summed E-state index contributed by atoms with van der Waals surface area (Å²) in [7, 11) is 0. The molecule has 0 aliphatic carbocycles. The molecule has 1 unspecified atom stereocenters. The molecule has 1 amide bonds. The Balaban J connectivity index is 1.97. The van der Waals surface area contributed by atoms with Crippen molar-refractivity contribution >= 4 is 23.3 Å². The minimum absolute atomic E-state index is 0.128. The Bertz CT molecular complexity index is 771. The van der Waals surface area contributed by atoms with E-state index in [2.05, 4.69) is 5.32 Å². The number of amides is 1. The first-order chi connectivity index (χ1) is 11.4. The zero-order valence-corrected chi connectivity index (χ0v) is 13.2. The van der Waals surface area contributed by atoms with E-state index in [0.717, 1.165) is 5.56 Å². The van der Waals surface area contributed by atoms with Crippen molar-refractivity contribution in [1.29, 1.82) is 0 Å². The summed E-state index contributed by atoms with van der Waals surface area (Å²) in [6.45, 7) is 3.35. The minimum Gasteiger partial charge on any atom is -0.449 e. The average Bonchev–Trinajstić information content (AvgIpc) is 2.54. The fraction of sp³-hybridized carbons (Fsp3) is 0.176. The summed E-state index contributed by atoms with van der Waals surface area (Å²) in [5.74, 6) is -1.19. The summed E-state index contributed by atoms with van der Waals surface area (Å²) in [5.41, 5.74) is 1.61. The smallest absolute Gasteiger partial charge is 0.338 e. The Morgan fingerprint density at radius 1 is 1.17 bits per heavy atom. The van der Waals surface area contributed by atoms with Crippen molar-refractivity contribution < 1.29 is 19.2 Å². The van der Waals surface area contributed by atoms with Crippen molar-refractivity contribution in [2.45, 2.75) is 20.0 Å². The molecule has 2 aromatic carbocycles. The van der Waals surface area contributed by atoms with Crippen molar-refractivity contribution in [2.24, 2.45) is 0 Å². The Hall–Kier alpha value is -3.22. The highest BCUT2D eigenvalue weighted by Gasteiger charge is 2.19. The van der Waals surface area contributed by atoms with Crippen molar-refractivity contribution in [2.75, 3.05) is 5.32 Å². The third-order valence-electron chi connectivity index (χ3n) is 3.25. The number of hydrogen-bond donors (Lipinski definition) is 1. The number of aryl methyl sites for hydroxylation is 1. The van der Waals surface area contributed by atoms with Crippen molar-refractivity contribution in [3.05, 3.63) is 69.8 Å². The number of anilines is 1. The molecule has 0 aliphatic rings. The number of carbonyl (C=O) groups excluding carboxylic acids is 2. The monoisotopic (exact) mass is 328 g/mol. The molecule has 7 nitrogen and oxygen atoms in total. The van der Waals surface area contributed by atoms with Crippen molar-refractivity contribution in [3.8, 4) is 0 Å². The number of nitro groups is 1. The maximum Gasteiger partial charge on any atom is 0.338 e. The molecule has 0 fully saturated rings. The van der Waals surface area contributed by atoms with Gasteiger partial charge in [0.15, 0.2) is 6.10 Å². The molecule has 0 aromatic heterocycles. The largest absolute Gasteiger partial charge is 0.449 e. The summed E-state index contributed by atoms with van der Waals surface area (Å²) in [6, 6.07) is 12.2. The lowest BCUT2D eigenvalue weighted by Crippen LogP contribution is -2.30. The van der Waals surface area contributed by atoms with E-state index in [-0.39, 0.29) is 11.3 Å². The second-order valence-corrected chi connectivity index (χ2v) is 5.21. The normalized spacial score (nSPS) is 11.4. The van der Waals surface area contributed by atoms with Crippen LogP contribution in [0.5, 0.6) is 0 Å². The molecule has 2 aromatic rings. The third-order valence-corrected chi connectivity index (χ3v) is 3.25. The first kappa shape index (κ1) is 17.1. The number of carbonyl (C=O) groups is 2. The molecule has 1 N–H and O–H groups in total. The molecule has 124 valence electrons. The molecule has 0 bridgehead atoms. The van der Waals surface area contributed by atoms with Gasteiger partial charge in [-0.15, -0.1) is 0 Å². The van der Waals surface area contributed by atoms with E-state index in [1.807, 2.05) is 13.0 Å². The van der Waals surface area contributed by atoms with Gasteiger partial charge in [0.2, 0.25) is 0 Å². The van der Waals surface area contributed by atoms with Crippen LogP contribution in [0.3, 0.4) is 0 Å². The number of nitro benzene ring substituents is 1. The van der Waals surface area contributed by atoms with Gasteiger partial charge in [-0.1, -0.05) is 12.1 Å². The Labute approximate surface area is 138 Å². The van der Waals surface area contributed by atoms with E-state index in [1.165, 1.54) is 31.2 Å². The van der Waals surface area contributed by atoms with Gasteiger partial charge < -0.3 is 10.1 Å². The quantitative estimate of drug-likeness (QED) is 0.516. The molecule has 0 saturated carbocycles. The molecule has 24 heavy (non-hydrogen) atoms. The highest BCUT2D eigenvalue weighted by Crippen LogP contribution is 2.14. The van der Waals surface area contributed by atoms with Gasteiger partial charge in [0, 0.05) is 17.8 Å². The lowest BCUT2D eigenvalue weighted by atomic mass is 10.2. The van der Waals surface area contributed by atoms with Crippen LogP contribution in [0.15, 0.2) is 48.5 Å². The maximum atomic E-state index is 12.1. The second kappa shape index (κ2) is 7.36. The second-order valence-electron chi connectivity index (χ2n) is 5.21. The van der Waals surface area contributed by atoms with E-state index >= 15 is 0 Å². The highest BCUT2D eigenvalue weighted by molar-refractivity contribution is 5.97. The topological polar surface area (TPSA) is 98.5 Å². The number of rotatable bonds is 5. The fourth-order valence-corrected chi connectivity index (χ4v) is 1.97. The molecule has 1 atom stereocenters. The van der Waals surface area contributed by atoms with Gasteiger partial charge in [0.05, 0.1) is 10.5 Å². The number of non-ortho nitro benzene ring substituents is 1. The number of nitrogens with one attached hydrogen (secondary N) is 1. The SMILES string of the molecule is Cc1cccc(NC(=O)C(C)OC(=O)c2ccc([N+](=O)[O-])cc2)c1. The first-order valence-electron chi connectivity index (χ1n) is 7.20. The predicted octanol–water partition coefficient (Wildman–Crippen LogP) is 3.09. The van der Waals surface area contributed by atoms with Crippen LogP contribution < -0.4 is 5.32 Å². The zero-order chi connectivity index (χ0) is 17.7. The van der Waals surface area contributed by atoms with Gasteiger partial charge in [-0.05, 0) is 43.7 Å². The van der Waals surface area contributed by atoms with Crippen LogP contribution in [-0.4, -0.2) is 22.9 Å². The highest BCUT2D eigenvalue weighted by atomic mass is 16.6. The van der Waals surface area contributed by atoms with E-state index in [4.69, 9.17) is 4.74 Å². The van der Waals surface area contributed by atoms with Gasteiger partial charge in [-0.3, -0.25) is 14.9 Å². The number of benzene rings is 2. The van der Waals surface area contributed by atoms with Crippen LogP contribution in [0.4, 0.5) is 11.4 Å². The van der Waals surface area contributed by atoms with Crippen LogP contribution in [0.25, 0.3) is 0 Å². The molecular formula is C17H16N2O5. The predicted molar refractivity (Wildman–Crippen MR) is 87.8 cm³/mol. The summed E-state index contributed by atoms with van der Waals surface area (Å²) in [6.07, 6.45) is -1.01. The van der Waals surface area contributed by atoms with Gasteiger partial charge in [0.25, 0.3) is 11.6 Å². The van der Waals surface area contributed by atoms with E-state index < -0.39 is 22.9 Å². The summed E-state index contributed by atoms with van der Waals surface area (Å²) in [4.78, 5) is 34.1.